The highest BCUT2D eigenvalue weighted by Crippen LogP contribution is 2.30. The molecule has 9 heteroatoms. The van der Waals surface area contributed by atoms with E-state index in [9.17, 15) is 4.79 Å². The predicted octanol–water partition coefficient (Wildman–Crippen LogP) is 3.58. The molecule has 3 heterocycles. The second-order valence-electron chi connectivity index (χ2n) is 7.78. The molecule has 1 fully saturated rings. The number of nitrogens with zero attached hydrogens (tertiary/aromatic N) is 7. The molecule has 1 aliphatic rings. The van der Waals surface area contributed by atoms with Crippen LogP contribution in [-0.2, 0) is 6.54 Å². The Kier molecular flexibility index (Phi) is 5.68. The number of piperidine rings is 1. The van der Waals surface area contributed by atoms with Gasteiger partial charge in [0, 0.05) is 35.3 Å². The molecule has 1 amide bonds. The Labute approximate surface area is 190 Å². The molecule has 0 bridgehead atoms. The van der Waals surface area contributed by atoms with Crippen LogP contribution in [0, 0.1) is 0 Å². The van der Waals surface area contributed by atoms with Gasteiger partial charge in [-0.05, 0) is 49.2 Å². The van der Waals surface area contributed by atoms with Crippen molar-refractivity contribution >= 4 is 17.5 Å². The SMILES string of the molecule is O=C(c1ccccc1)N1CCC(c2nnc(Cn3nccn3)n2-c2ccc(Cl)cc2)CC1. The van der Waals surface area contributed by atoms with E-state index in [0.29, 0.717) is 24.7 Å². The Morgan fingerprint density at radius 2 is 1.62 bits per heavy atom. The van der Waals surface area contributed by atoms with E-state index in [2.05, 4.69) is 25.0 Å². The van der Waals surface area contributed by atoms with Gasteiger partial charge in [0.25, 0.3) is 5.91 Å². The quantitative estimate of drug-likeness (QED) is 0.467. The molecule has 4 aromatic rings. The van der Waals surface area contributed by atoms with Crippen LogP contribution in [0.5, 0.6) is 0 Å². The molecule has 1 saturated heterocycles. The number of hydrogen-bond donors (Lipinski definition) is 0. The minimum Gasteiger partial charge on any atom is -0.339 e. The van der Waals surface area contributed by atoms with E-state index in [-0.39, 0.29) is 11.8 Å². The summed E-state index contributed by atoms with van der Waals surface area (Å²) in [6, 6.07) is 17.1. The van der Waals surface area contributed by atoms with Gasteiger partial charge in [-0.3, -0.25) is 9.36 Å². The van der Waals surface area contributed by atoms with Gasteiger partial charge in [-0.25, -0.2) is 0 Å². The zero-order chi connectivity index (χ0) is 21.9. The van der Waals surface area contributed by atoms with Gasteiger partial charge in [-0.2, -0.15) is 15.0 Å². The first-order valence-electron chi connectivity index (χ1n) is 10.6. The van der Waals surface area contributed by atoms with E-state index >= 15 is 0 Å². The second kappa shape index (κ2) is 8.92. The monoisotopic (exact) mass is 447 g/mol. The van der Waals surface area contributed by atoms with Crippen molar-refractivity contribution in [3.8, 4) is 5.69 Å². The first-order chi connectivity index (χ1) is 15.7. The Morgan fingerprint density at radius 1 is 0.938 bits per heavy atom. The summed E-state index contributed by atoms with van der Waals surface area (Å²) >= 11 is 6.11. The number of aromatic nitrogens is 6. The molecular weight excluding hydrogens is 426 g/mol. The Balaban J connectivity index is 1.39. The summed E-state index contributed by atoms with van der Waals surface area (Å²) in [7, 11) is 0. The predicted molar refractivity (Wildman–Crippen MR) is 120 cm³/mol. The van der Waals surface area contributed by atoms with E-state index in [1.807, 2.05) is 59.5 Å². The van der Waals surface area contributed by atoms with Crippen molar-refractivity contribution in [2.24, 2.45) is 0 Å². The maximum absolute atomic E-state index is 12.8. The standard InChI is InChI=1S/C23H22ClN7O/c24-19-6-8-20(9-7-19)31-21(16-30-25-12-13-26-30)27-28-22(31)17-10-14-29(15-11-17)23(32)18-4-2-1-3-5-18/h1-9,12-13,17H,10-11,14-16H2. The molecule has 8 nitrogen and oxygen atoms in total. The largest absolute Gasteiger partial charge is 0.339 e. The van der Waals surface area contributed by atoms with E-state index < -0.39 is 0 Å². The zero-order valence-electron chi connectivity index (χ0n) is 17.4. The second-order valence-corrected chi connectivity index (χ2v) is 8.21. The number of benzene rings is 2. The van der Waals surface area contributed by atoms with Crippen molar-refractivity contribution in [1.29, 1.82) is 0 Å². The normalized spacial score (nSPS) is 14.6. The number of amides is 1. The van der Waals surface area contributed by atoms with Crippen molar-refractivity contribution in [1.82, 2.24) is 34.7 Å². The zero-order valence-corrected chi connectivity index (χ0v) is 18.1. The molecule has 0 N–H and O–H groups in total. The minimum atomic E-state index is 0.0775. The lowest BCUT2D eigenvalue weighted by atomic mass is 9.95. The van der Waals surface area contributed by atoms with Gasteiger partial charge in [0.15, 0.2) is 5.82 Å². The third-order valence-corrected chi connectivity index (χ3v) is 6.01. The minimum absolute atomic E-state index is 0.0775. The van der Waals surface area contributed by atoms with Crippen LogP contribution in [0.4, 0.5) is 0 Å². The van der Waals surface area contributed by atoms with E-state index in [1.54, 1.807) is 17.2 Å². The summed E-state index contributed by atoms with van der Waals surface area (Å²) in [6.07, 6.45) is 4.93. The van der Waals surface area contributed by atoms with Crippen LogP contribution in [0.1, 0.15) is 40.8 Å². The smallest absolute Gasteiger partial charge is 0.253 e. The number of rotatable bonds is 5. The number of hydrogen-bond acceptors (Lipinski definition) is 5. The Morgan fingerprint density at radius 3 is 2.31 bits per heavy atom. The molecule has 5 rings (SSSR count). The lowest BCUT2D eigenvalue weighted by Crippen LogP contribution is -2.38. The van der Waals surface area contributed by atoms with Crippen molar-refractivity contribution in [2.75, 3.05) is 13.1 Å². The Bertz CT molecular complexity index is 1180. The van der Waals surface area contributed by atoms with Crippen molar-refractivity contribution in [3.63, 3.8) is 0 Å². The highest BCUT2D eigenvalue weighted by atomic mass is 35.5. The van der Waals surface area contributed by atoms with Gasteiger partial charge in [-0.15, -0.1) is 10.2 Å². The van der Waals surface area contributed by atoms with Gasteiger partial charge in [-0.1, -0.05) is 29.8 Å². The number of likely N-dealkylation sites (tertiary alicyclic amines) is 1. The van der Waals surface area contributed by atoms with Crippen LogP contribution in [0.3, 0.4) is 0 Å². The molecule has 1 aliphatic heterocycles. The highest BCUT2D eigenvalue weighted by molar-refractivity contribution is 6.30. The van der Waals surface area contributed by atoms with Crippen molar-refractivity contribution in [2.45, 2.75) is 25.3 Å². The molecule has 0 saturated carbocycles. The van der Waals surface area contributed by atoms with Crippen LogP contribution in [0.15, 0.2) is 67.0 Å². The molecule has 0 atom stereocenters. The number of carbonyl (C=O) groups excluding carboxylic acids is 1. The van der Waals surface area contributed by atoms with Gasteiger partial charge < -0.3 is 4.90 Å². The van der Waals surface area contributed by atoms with Crippen LogP contribution in [0.25, 0.3) is 5.69 Å². The maximum atomic E-state index is 12.8. The maximum Gasteiger partial charge on any atom is 0.253 e. The highest BCUT2D eigenvalue weighted by Gasteiger charge is 2.29. The van der Waals surface area contributed by atoms with Gasteiger partial charge in [0.2, 0.25) is 0 Å². The molecule has 2 aromatic carbocycles. The molecule has 0 unspecified atom stereocenters. The fourth-order valence-electron chi connectivity index (χ4n) is 4.12. The van der Waals surface area contributed by atoms with Crippen molar-refractivity contribution < 1.29 is 4.79 Å². The summed E-state index contributed by atoms with van der Waals surface area (Å²) in [5.41, 5.74) is 1.67. The number of carbonyl (C=O) groups is 1. The van der Waals surface area contributed by atoms with Crippen molar-refractivity contribution in [3.05, 3.63) is 89.2 Å². The van der Waals surface area contributed by atoms with Gasteiger partial charge in [0.1, 0.15) is 12.4 Å². The molecule has 0 aliphatic carbocycles. The van der Waals surface area contributed by atoms with Gasteiger partial charge in [0.05, 0.1) is 12.4 Å². The summed E-state index contributed by atoms with van der Waals surface area (Å²) in [6.45, 7) is 1.78. The third kappa shape index (κ3) is 4.13. The molecule has 162 valence electrons. The average molecular weight is 448 g/mol. The summed E-state index contributed by atoms with van der Waals surface area (Å²) in [5.74, 6) is 1.91. The van der Waals surface area contributed by atoms with E-state index in [4.69, 9.17) is 11.6 Å². The lowest BCUT2D eigenvalue weighted by Gasteiger charge is -2.32. The van der Waals surface area contributed by atoms with E-state index in [0.717, 1.165) is 35.7 Å². The van der Waals surface area contributed by atoms with Crippen LogP contribution in [0.2, 0.25) is 5.02 Å². The molecule has 32 heavy (non-hydrogen) atoms. The molecule has 2 aromatic heterocycles. The summed E-state index contributed by atoms with van der Waals surface area (Å²) < 4.78 is 2.07. The first-order valence-corrected chi connectivity index (χ1v) is 11.0. The molecule has 0 radical (unpaired) electrons. The van der Waals surface area contributed by atoms with Crippen LogP contribution in [-0.4, -0.2) is 53.7 Å². The van der Waals surface area contributed by atoms with Gasteiger partial charge >= 0.3 is 0 Å². The number of halogens is 1. The van der Waals surface area contributed by atoms with E-state index in [1.165, 1.54) is 0 Å². The lowest BCUT2D eigenvalue weighted by molar-refractivity contribution is 0.0710. The third-order valence-electron chi connectivity index (χ3n) is 5.76. The topological polar surface area (TPSA) is 81.7 Å². The molecular formula is C23H22ClN7O. The summed E-state index contributed by atoms with van der Waals surface area (Å²) in [4.78, 5) is 16.3. The fraction of sp³-hybridized carbons (Fsp3) is 0.261. The van der Waals surface area contributed by atoms with Crippen LogP contribution < -0.4 is 0 Å². The molecule has 0 spiro atoms. The van der Waals surface area contributed by atoms with Crippen LogP contribution >= 0.6 is 11.6 Å². The Hall–Kier alpha value is -3.52. The fourth-order valence-corrected chi connectivity index (χ4v) is 4.25. The first kappa shape index (κ1) is 20.4. The average Bonchev–Trinajstić information content (AvgIpc) is 3.50. The summed E-state index contributed by atoms with van der Waals surface area (Å²) in [5, 5.41) is 18.1.